The molecule has 2 aromatic heterocycles. The van der Waals surface area contributed by atoms with Crippen molar-refractivity contribution in [3.05, 3.63) is 35.2 Å². The first-order valence-electron chi connectivity index (χ1n) is 5.47. The first-order chi connectivity index (χ1) is 7.58. The molecule has 4 heteroatoms. The van der Waals surface area contributed by atoms with Gasteiger partial charge in [-0.15, -0.1) is 0 Å². The minimum Gasteiger partial charge on any atom is -0.323 e. The topological polar surface area (TPSA) is 43.3 Å². The highest BCUT2D eigenvalue weighted by molar-refractivity contribution is 6.29. The maximum atomic E-state index is 6.09. The normalized spacial score (nSPS) is 13.6. The van der Waals surface area contributed by atoms with Crippen molar-refractivity contribution in [3.63, 3.8) is 0 Å². The summed E-state index contributed by atoms with van der Waals surface area (Å²) in [5.74, 6) is 0.565. The smallest absolute Gasteiger partial charge is 0.138 e. The molecule has 0 aliphatic rings. The van der Waals surface area contributed by atoms with E-state index < -0.39 is 0 Å². The molecule has 0 spiro atoms. The summed E-state index contributed by atoms with van der Waals surface area (Å²) in [7, 11) is 0. The first kappa shape index (κ1) is 11.4. The zero-order valence-electron chi connectivity index (χ0n) is 9.52. The molecule has 1 atom stereocenters. The number of fused-ring (bicyclic) bond motifs is 1. The summed E-state index contributed by atoms with van der Waals surface area (Å²) in [4.78, 5) is 4.48. The third-order valence-electron chi connectivity index (χ3n) is 2.57. The molecule has 0 aromatic carbocycles. The number of hydrogen-bond acceptors (Lipinski definition) is 2. The molecule has 0 radical (unpaired) electrons. The van der Waals surface area contributed by atoms with E-state index in [2.05, 4.69) is 18.8 Å². The highest BCUT2D eigenvalue weighted by Gasteiger charge is 2.12. The second-order valence-corrected chi connectivity index (χ2v) is 4.87. The molecule has 0 bridgehead atoms. The maximum absolute atomic E-state index is 6.09. The molecule has 0 fully saturated rings. The summed E-state index contributed by atoms with van der Waals surface area (Å²) < 4.78 is 1.86. The Bertz CT molecular complexity index is 490. The number of imidazole rings is 1. The molecule has 2 rings (SSSR count). The van der Waals surface area contributed by atoms with Crippen molar-refractivity contribution in [2.75, 3.05) is 0 Å². The van der Waals surface area contributed by atoms with Crippen LogP contribution in [0.5, 0.6) is 0 Å². The highest BCUT2D eigenvalue weighted by atomic mass is 35.5. The number of rotatable bonds is 3. The van der Waals surface area contributed by atoms with Gasteiger partial charge in [-0.1, -0.05) is 31.5 Å². The van der Waals surface area contributed by atoms with Gasteiger partial charge in [0.05, 0.1) is 5.69 Å². The van der Waals surface area contributed by atoms with Gasteiger partial charge in [0.1, 0.15) is 10.8 Å². The molecule has 86 valence electrons. The molecule has 0 unspecified atom stereocenters. The van der Waals surface area contributed by atoms with Crippen molar-refractivity contribution in [2.45, 2.75) is 26.3 Å². The minimum atomic E-state index is -0.0176. The van der Waals surface area contributed by atoms with Gasteiger partial charge in [0, 0.05) is 12.2 Å². The van der Waals surface area contributed by atoms with Crippen LogP contribution >= 0.6 is 11.6 Å². The zero-order valence-corrected chi connectivity index (χ0v) is 10.3. The van der Waals surface area contributed by atoms with Crippen LogP contribution in [-0.4, -0.2) is 9.38 Å². The van der Waals surface area contributed by atoms with Gasteiger partial charge in [-0.2, -0.15) is 0 Å². The average Bonchev–Trinajstić information content (AvgIpc) is 2.61. The zero-order chi connectivity index (χ0) is 11.7. The molecule has 0 aliphatic heterocycles. The number of halogens is 1. The second-order valence-electron chi connectivity index (χ2n) is 4.48. The monoisotopic (exact) mass is 237 g/mol. The van der Waals surface area contributed by atoms with E-state index in [1.54, 1.807) is 0 Å². The summed E-state index contributed by atoms with van der Waals surface area (Å²) in [5.41, 5.74) is 7.84. The first-order valence-corrected chi connectivity index (χ1v) is 5.85. The van der Waals surface area contributed by atoms with Crippen molar-refractivity contribution in [2.24, 2.45) is 11.7 Å². The number of pyridine rings is 1. The van der Waals surface area contributed by atoms with Crippen LogP contribution in [0, 0.1) is 5.92 Å². The SMILES string of the molecule is CC(C)C[C@H](N)c1cn2c(Cl)cccc2n1. The Hall–Kier alpha value is -1.06. The Labute approximate surface area is 100 Å². The second kappa shape index (κ2) is 4.44. The van der Waals surface area contributed by atoms with Crippen LogP contribution < -0.4 is 5.73 Å². The van der Waals surface area contributed by atoms with E-state index in [-0.39, 0.29) is 6.04 Å². The van der Waals surface area contributed by atoms with E-state index in [1.807, 2.05) is 28.8 Å². The number of nitrogens with two attached hydrogens (primary N) is 1. The van der Waals surface area contributed by atoms with Crippen molar-refractivity contribution in [1.29, 1.82) is 0 Å². The Morgan fingerprint density at radius 3 is 2.81 bits per heavy atom. The molecule has 0 saturated carbocycles. The summed E-state index contributed by atoms with van der Waals surface area (Å²) in [6.07, 6.45) is 2.85. The van der Waals surface area contributed by atoms with Crippen LogP contribution in [-0.2, 0) is 0 Å². The lowest BCUT2D eigenvalue weighted by atomic mass is 10.0. The fourth-order valence-corrected chi connectivity index (χ4v) is 2.01. The van der Waals surface area contributed by atoms with Gasteiger partial charge in [-0.25, -0.2) is 4.98 Å². The number of hydrogen-bond donors (Lipinski definition) is 1. The van der Waals surface area contributed by atoms with Gasteiger partial charge < -0.3 is 5.73 Å². The quantitative estimate of drug-likeness (QED) is 0.834. The molecular weight excluding hydrogens is 222 g/mol. The molecule has 0 aliphatic carbocycles. The molecule has 2 heterocycles. The third-order valence-corrected chi connectivity index (χ3v) is 2.87. The van der Waals surface area contributed by atoms with Crippen molar-refractivity contribution < 1.29 is 0 Å². The van der Waals surface area contributed by atoms with Gasteiger partial charge in [0.25, 0.3) is 0 Å². The lowest BCUT2D eigenvalue weighted by Crippen LogP contribution is -2.13. The van der Waals surface area contributed by atoms with Crippen LogP contribution in [0.1, 0.15) is 32.0 Å². The lowest BCUT2D eigenvalue weighted by molar-refractivity contribution is 0.504. The van der Waals surface area contributed by atoms with E-state index >= 15 is 0 Å². The molecule has 0 amide bonds. The summed E-state index contributed by atoms with van der Waals surface area (Å²) >= 11 is 6.06. The molecular formula is C12H16ClN3. The minimum absolute atomic E-state index is 0.0176. The predicted octanol–water partition coefficient (Wildman–Crippen LogP) is 3.03. The Balaban J connectivity index is 2.36. The van der Waals surface area contributed by atoms with Crippen LogP contribution in [0.2, 0.25) is 5.15 Å². The summed E-state index contributed by atoms with van der Waals surface area (Å²) in [5, 5.41) is 0.660. The van der Waals surface area contributed by atoms with E-state index in [0.717, 1.165) is 17.8 Å². The van der Waals surface area contributed by atoms with E-state index in [4.69, 9.17) is 17.3 Å². The molecule has 0 saturated heterocycles. The van der Waals surface area contributed by atoms with Crippen LogP contribution in [0.4, 0.5) is 0 Å². The van der Waals surface area contributed by atoms with Gasteiger partial charge in [-0.3, -0.25) is 4.40 Å². The van der Waals surface area contributed by atoms with Crippen LogP contribution in [0.15, 0.2) is 24.4 Å². The van der Waals surface area contributed by atoms with Crippen molar-refractivity contribution in [1.82, 2.24) is 9.38 Å². The molecule has 16 heavy (non-hydrogen) atoms. The predicted molar refractivity (Wildman–Crippen MR) is 66.6 cm³/mol. The highest BCUT2D eigenvalue weighted by Crippen LogP contribution is 2.20. The van der Waals surface area contributed by atoms with Crippen molar-refractivity contribution >= 4 is 17.2 Å². The molecule has 2 N–H and O–H groups in total. The fraction of sp³-hybridized carbons (Fsp3) is 0.417. The van der Waals surface area contributed by atoms with Gasteiger partial charge in [0.15, 0.2) is 0 Å². The van der Waals surface area contributed by atoms with E-state index in [1.165, 1.54) is 0 Å². The number of nitrogens with zero attached hydrogens (tertiary/aromatic N) is 2. The summed E-state index contributed by atoms with van der Waals surface area (Å²) in [6.45, 7) is 4.31. The van der Waals surface area contributed by atoms with Crippen LogP contribution in [0.3, 0.4) is 0 Å². The number of aromatic nitrogens is 2. The van der Waals surface area contributed by atoms with E-state index in [0.29, 0.717) is 11.1 Å². The van der Waals surface area contributed by atoms with Gasteiger partial charge in [0.2, 0.25) is 0 Å². The lowest BCUT2D eigenvalue weighted by Gasteiger charge is -2.10. The fourth-order valence-electron chi connectivity index (χ4n) is 1.80. The molecule has 3 nitrogen and oxygen atoms in total. The van der Waals surface area contributed by atoms with Gasteiger partial charge >= 0.3 is 0 Å². The Morgan fingerprint density at radius 2 is 2.19 bits per heavy atom. The van der Waals surface area contributed by atoms with Crippen LogP contribution in [0.25, 0.3) is 5.65 Å². The Morgan fingerprint density at radius 1 is 1.44 bits per heavy atom. The Kier molecular flexibility index (Phi) is 3.17. The third kappa shape index (κ3) is 2.20. The van der Waals surface area contributed by atoms with Gasteiger partial charge in [-0.05, 0) is 24.5 Å². The van der Waals surface area contributed by atoms with E-state index in [9.17, 15) is 0 Å². The summed E-state index contributed by atoms with van der Waals surface area (Å²) in [6, 6.07) is 5.64. The average molecular weight is 238 g/mol. The maximum Gasteiger partial charge on any atom is 0.138 e. The van der Waals surface area contributed by atoms with Crippen molar-refractivity contribution in [3.8, 4) is 0 Å². The molecule has 2 aromatic rings. The standard InChI is InChI=1S/C12H16ClN3/c1-8(2)6-9(14)10-7-16-11(13)4-3-5-12(16)15-10/h3-5,7-9H,6,14H2,1-2H3/t9-/m0/s1. The largest absolute Gasteiger partial charge is 0.323 e.